The summed E-state index contributed by atoms with van der Waals surface area (Å²) in [5.41, 5.74) is -0.274. The number of pyridine rings is 1. The van der Waals surface area contributed by atoms with Crippen molar-refractivity contribution in [2.75, 3.05) is 0 Å². The Morgan fingerprint density at radius 2 is 2.05 bits per heavy atom. The van der Waals surface area contributed by atoms with Crippen molar-refractivity contribution in [2.24, 2.45) is 0 Å². The van der Waals surface area contributed by atoms with Gasteiger partial charge in [-0.2, -0.15) is 8.78 Å². The summed E-state index contributed by atoms with van der Waals surface area (Å²) in [5.74, 6) is -2.30. The number of hydrogen-bond donors (Lipinski definition) is 0. The molecule has 0 fully saturated rings. The molecule has 0 saturated heterocycles. The zero-order valence-electron chi connectivity index (χ0n) is 9.98. The number of nitrogens with zero attached hydrogens (tertiary/aromatic N) is 3. The smallest absolute Gasteiger partial charge is 0.289 e. The lowest BCUT2D eigenvalue weighted by molar-refractivity contribution is -0.0128. The minimum absolute atomic E-state index is 0.274. The number of rotatable bonds is 4. The van der Waals surface area contributed by atoms with Gasteiger partial charge in [0.1, 0.15) is 17.8 Å². The lowest BCUT2D eigenvalue weighted by atomic mass is 10.2. The van der Waals surface area contributed by atoms with Crippen LogP contribution in [0.3, 0.4) is 0 Å². The third-order valence-electron chi connectivity index (χ3n) is 2.40. The summed E-state index contributed by atoms with van der Waals surface area (Å²) >= 11 is 3.22. The summed E-state index contributed by atoms with van der Waals surface area (Å²) in [6.07, 6.45) is 3.80. The van der Waals surface area contributed by atoms with Crippen LogP contribution in [0.4, 0.5) is 8.78 Å². The molecule has 0 radical (unpaired) electrons. The van der Waals surface area contributed by atoms with Gasteiger partial charge >= 0.3 is 0 Å². The maximum absolute atomic E-state index is 13.4. The van der Waals surface area contributed by atoms with Crippen molar-refractivity contribution in [3.8, 4) is 11.6 Å². The first-order chi connectivity index (χ1) is 9.03. The summed E-state index contributed by atoms with van der Waals surface area (Å²) in [5, 5.41) is 0. The van der Waals surface area contributed by atoms with Gasteiger partial charge in [-0.25, -0.2) is 9.97 Å². The van der Waals surface area contributed by atoms with Gasteiger partial charge in [-0.3, -0.25) is 4.98 Å². The molecule has 19 heavy (non-hydrogen) atoms. The lowest BCUT2D eigenvalue weighted by Gasteiger charge is -2.13. The highest BCUT2D eigenvalue weighted by Gasteiger charge is 2.30. The Balaban J connectivity index is 2.18. The van der Waals surface area contributed by atoms with Crippen LogP contribution in [0.1, 0.15) is 19.0 Å². The van der Waals surface area contributed by atoms with E-state index in [9.17, 15) is 8.78 Å². The predicted molar refractivity (Wildman–Crippen MR) is 68.2 cm³/mol. The van der Waals surface area contributed by atoms with Crippen LogP contribution < -0.4 is 4.74 Å². The van der Waals surface area contributed by atoms with Crippen molar-refractivity contribution in [1.82, 2.24) is 15.0 Å². The number of alkyl halides is 2. The fourth-order valence-corrected chi connectivity index (χ4v) is 1.63. The summed E-state index contributed by atoms with van der Waals surface area (Å²) in [4.78, 5) is 11.4. The predicted octanol–water partition coefficient (Wildman–Crippen LogP) is 3.93. The molecule has 0 atom stereocenters. The highest BCUT2D eigenvalue weighted by atomic mass is 79.9. The Morgan fingerprint density at radius 3 is 2.63 bits per heavy atom. The number of halogens is 3. The molecule has 0 unspecified atom stereocenters. The first-order valence-electron chi connectivity index (χ1n) is 5.50. The van der Waals surface area contributed by atoms with Crippen LogP contribution >= 0.6 is 15.9 Å². The summed E-state index contributed by atoms with van der Waals surface area (Å²) in [7, 11) is 0. The number of hydrogen-bond acceptors (Lipinski definition) is 4. The third kappa shape index (κ3) is 3.23. The molecule has 0 spiro atoms. The zero-order valence-corrected chi connectivity index (χ0v) is 11.6. The van der Waals surface area contributed by atoms with Crippen LogP contribution in [0.2, 0.25) is 0 Å². The monoisotopic (exact) mass is 329 g/mol. The van der Waals surface area contributed by atoms with Crippen LogP contribution in [0.5, 0.6) is 11.6 Å². The molecule has 0 N–H and O–H groups in total. The Kier molecular flexibility index (Phi) is 4.04. The van der Waals surface area contributed by atoms with E-state index in [0.29, 0.717) is 16.1 Å². The molecule has 2 rings (SSSR count). The fourth-order valence-electron chi connectivity index (χ4n) is 1.33. The van der Waals surface area contributed by atoms with Crippen LogP contribution in [0.25, 0.3) is 0 Å². The van der Waals surface area contributed by atoms with E-state index in [-0.39, 0.29) is 12.1 Å². The average molecular weight is 330 g/mol. The van der Waals surface area contributed by atoms with E-state index in [2.05, 4.69) is 30.9 Å². The second-order valence-electron chi connectivity index (χ2n) is 3.72. The normalized spacial score (nSPS) is 11.4. The molecule has 0 aliphatic carbocycles. The van der Waals surface area contributed by atoms with E-state index in [1.807, 2.05) is 0 Å². The summed E-state index contributed by atoms with van der Waals surface area (Å²) < 4.78 is 32.7. The van der Waals surface area contributed by atoms with Gasteiger partial charge in [0.25, 0.3) is 5.92 Å². The minimum atomic E-state index is -2.92. The molecule has 0 aromatic carbocycles. The highest BCUT2D eigenvalue weighted by molar-refractivity contribution is 9.10. The Bertz CT molecular complexity index is 563. The van der Waals surface area contributed by atoms with Crippen molar-refractivity contribution in [1.29, 1.82) is 0 Å². The van der Waals surface area contributed by atoms with Gasteiger partial charge in [0, 0.05) is 12.6 Å². The summed E-state index contributed by atoms with van der Waals surface area (Å²) in [6.45, 7) is 1.41. The van der Waals surface area contributed by atoms with Gasteiger partial charge in [-0.1, -0.05) is 6.92 Å². The molecular weight excluding hydrogens is 320 g/mol. The van der Waals surface area contributed by atoms with Crippen LogP contribution in [-0.2, 0) is 5.92 Å². The molecule has 100 valence electrons. The van der Waals surface area contributed by atoms with Crippen LogP contribution in [0.15, 0.2) is 35.3 Å². The Labute approximate surface area is 117 Å². The molecule has 0 saturated carbocycles. The van der Waals surface area contributed by atoms with Crippen molar-refractivity contribution in [2.45, 2.75) is 19.3 Å². The second kappa shape index (κ2) is 5.56. The van der Waals surface area contributed by atoms with Gasteiger partial charge in [0.2, 0.25) is 5.88 Å². The molecule has 2 aromatic rings. The van der Waals surface area contributed by atoms with E-state index in [4.69, 9.17) is 4.74 Å². The van der Waals surface area contributed by atoms with Crippen LogP contribution in [-0.4, -0.2) is 15.0 Å². The van der Waals surface area contributed by atoms with E-state index >= 15 is 0 Å². The largest absolute Gasteiger partial charge is 0.436 e. The van der Waals surface area contributed by atoms with Crippen molar-refractivity contribution < 1.29 is 13.5 Å². The van der Waals surface area contributed by atoms with E-state index in [1.165, 1.54) is 37.8 Å². The molecule has 2 aromatic heterocycles. The van der Waals surface area contributed by atoms with E-state index < -0.39 is 5.92 Å². The van der Waals surface area contributed by atoms with Gasteiger partial charge in [0.15, 0.2) is 0 Å². The molecular formula is C12H10BrF2N3O. The van der Waals surface area contributed by atoms with Crippen molar-refractivity contribution in [3.05, 3.63) is 41.0 Å². The second-order valence-corrected chi connectivity index (χ2v) is 4.57. The van der Waals surface area contributed by atoms with E-state index in [0.717, 1.165) is 0 Å². The first-order valence-corrected chi connectivity index (χ1v) is 6.30. The number of ether oxygens (including phenoxy) is 1. The quantitative estimate of drug-likeness (QED) is 0.852. The zero-order chi connectivity index (χ0) is 13.9. The molecule has 7 heteroatoms. The van der Waals surface area contributed by atoms with Crippen molar-refractivity contribution in [3.63, 3.8) is 0 Å². The average Bonchev–Trinajstić information content (AvgIpc) is 2.42. The minimum Gasteiger partial charge on any atom is -0.436 e. The molecule has 0 aliphatic heterocycles. The fraction of sp³-hybridized carbons (Fsp3) is 0.250. The lowest BCUT2D eigenvalue weighted by Crippen LogP contribution is -2.13. The topological polar surface area (TPSA) is 47.9 Å². The van der Waals surface area contributed by atoms with Crippen molar-refractivity contribution >= 4 is 15.9 Å². The SMILES string of the molecule is CCC(F)(F)c1ccc(Oc2ncncc2Br)cn1. The molecule has 0 amide bonds. The maximum atomic E-state index is 13.4. The third-order valence-corrected chi connectivity index (χ3v) is 2.95. The molecule has 0 aliphatic rings. The standard InChI is InChI=1S/C12H10BrF2N3O/c1-2-12(14,15)10-4-3-8(5-17-10)19-11-9(13)6-16-7-18-11/h3-7H,2H2,1H3. The molecule has 4 nitrogen and oxygen atoms in total. The van der Waals surface area contributed by atoms with Gasteiger partial charge in [-0.05, 0) is 28.1 Å². The van der Waals surface area contributed by atoms with Crippen LogP contribution in [0, 0.1) is 0 Å². The van der Waals surface area contributed by atoms with Gasteiger partial charge in [0.05, 0.1) is 10.7 Å². The Hall–Kier alpha value is -1.63. The molecule has 2 heterocycles. The van der Waals surface area contributed by atoms with E-state index in [1.54, 1.807) is 0 Å². The van der Waals surface area contributed by atoms with Gasteiger partial charge < -0.3 is 4.74 Å². The number of aromatic nitrogens is 3. The van der Waals surface area contributed by atoms with Gasteiger partial charge in [-0.15, -0.1) is 0 Å². The maximum Gasteiger partial charge on any atom is 0.289 e. The Morgan fingerprint density at radius 1 is 1.26 bits per heavy atom. The first kappa shape index (κ1) is 13.8. The molecule has 0 bridgehead atoms. The summed E-state index contributed by atoms with van der Waals surface area (Å²) in [6, 6.07) is 2.67. The highest BCUT2D eigenvalue weighted by Crippen LogP contribution is 2.31.